The van der Waals surface area contributed by atoms with Crippen LogP contribution in [0.4, 0.5) is 21.7 Å². The van der Waals surface area contributed by atoms with E-state index in [1.807, 2.05) is 18.3 Å². The maximum absolute atomic E-state index is 14.0. The van der Waals surface area contributed by atoms with Crippen LogP contribution >= 0.6 is 0 Å². The zero-order chi connectivity index (χ0) is 24.7. The second-order valence-electron chi connectivity index (χ2n) is 8.72. The molecule has 2 N–H and O–H groups in total. The first-order valence-electron chi connectivity index (χ1n) is 11.3. The Kier molecular flexibility index (Phi) is 5.81. The first-order valence-corrected chi connectivity index (χ1v) is 11.3. The smallest absolute Gasteiger partial charge is 0.306 e. The number of nitrogens with one attached hydrogen (secondary N) is 1. The molecule has 1 aliphatic rings. The Morgan fingerprint density at radius 3 is 2.97 bits per heavy atom. The summed E-state index contributed by atoms with van der Waals surface area (Å²) in [6.07, 6.45) is 4.92. The molecule has 0 amide bonds. The highest BCUT2D eigenvalue weighted by Crippen LogP contribution is 2.39. The van der Waals surface area contributed by atoms with Crippen LogP contribution in [0.5, 0.6) is 5.75 Å². The number of rotatable bonds is 7. The molecule has 4 aromatic rings. The van der Waals surface area contributed by atoms with E-state index in [-0.39, 0.29) is 12.6 Å². The van der Waals surface area contributed by atoms with Gasteiger partial charge in [0, 0.05) is 29.8 Å². The number of aliphatic hydroxyl groups is 1. The van der Waals surface area contributed by atoms with Gasteiger partial charge in [0.15, 0.2) is 5.75 Å². The Bertz CT molecular complexity index is 1450. The van der Waals surface area contributed by atoms with E-state index in [9.17, 15) is 19.6 Å². The first-order chi connectivity index (χ1) is 16.8. The molecule has 5 rings (SSSR count). The summed E-state index contributed by atoms with van der Waals surface area (Å²) in [7, 11) is 0. The number of benzene rings is 2. The summed E-state index contributed by atoms with van der Waals surface area (Å²) < 4.78 is 22.0. The van der Waals surface area contributed by atoms with Crippen molar-refractivity contribution in [3.63, 3.8) is 0 Å². The van der Waals surface area contributed by atoms with Crippen molar-refractivity contribution in [1.82, 2.24) is 14.5 Å². The van der Waals surface area contributed by atoms with Crippen LogP contribution in [0.15, 0.2) is 42.7 Å². The lowest BCUT2D eigenvalue weighted by Crippen LogP contribution is -2.14. The van der Waals surface area contributed by atoms with Gasteiger partial charge in [0.25, 0.3) is 0 Å². The van der Waals surface area contributed by atoms with Gasteiger partial charge in [0.2, 0.25) is 11.8 Å². The molecule has 0 spiro atoms. The maximum atomic E-state index is 14.0. The third kappa shape index (κ3) is 4.28. The van der Waals surface area contributed by atoms with Gasteiger partial charge >= 0.3 is 5.69 Å². The maximum Gasteiger partial charge on any atom is 0.306 e. The molecule has 9 nitrogen and oxygen atoms in total. The lowest BCUT2D eigenvalue weighted by Gasteiger charge is -2.15. The van der Waals surface area contributed by atoms with E-state index in [0.717, 1.165) is 48.0 Å². The number of hydrogen-bond donors (Lipinski definition) is 2. The molecule has 0 fully saturated rings. The van der Waals surface area contributed by atoms with Crippen molar-refractivity contribution in [3.05, 3.63) is 69.8 Å². The first kappa shape index (κ1) is 22.7. The topological polar surface area (TPSA) is 115 Å². The molecule has 180 valence electrons. The van der Waals surface area contributed by atoms with Gasteiger partial charge in [-0.05, 0) is 43.9 Å². The van der Waals surface area contributed by atoms with Crippen LogP contribution in [0.1, 0.15) is 24.5 Å². The van der Waals surface area contributed by atoms with E-state index in [4.69, 9.17) is 9.72 Å². The van der Waals surface area contributed by atoms with Crippen LogP contribution in [-0.4, -0.2) is 37.3 Å². The molecule has 35 heavy (non-hydrogen) atoms. The van der Waals surface area contributed by atoms with Gasteiger partial charge in [0.1, 0.15) is 12.3 Å². The molecule has 2 aromatic carbocycles. The molecular formula is C25H24FN5O4. The van der Waals surface area contributed by atoms with Gasteiger partial charge < -0.3 is 19.7 Å². The minimum atomic E-state index is -0.907. The van der Waals surface area contributed by atoms with E-state index >= 15 is 0 Å². The van der Waals surface area contributed by atoms with Gasteiger partial charge in [-0.2, -0.15) is 4.39 Å². The Morgan fingerprint density at radius 2 is 2.20 bits per heavy atom. The average molecular weight is 477 g/mol. The number of nitro groups is 1. The summed E-state index contributed by atoms with van der Waals surface area (Å²) in [6.45, 7) is 4.23. The molecule has 2 aromatic heterocycles. The van der Waals surface area contributed by atoms with Crippen LogP contribution in [0, 0.1) is 22.9 Å². The van der Waals surface area contributed by atoms with Crippen LogP contribution in [0.2, 0.25) is 0 Å². The number of nitrogens with zero attached hydrogens (tertiary/aromatic N) is 4. The second-order valence-corrected chi connectivity index (χ2v) is 8.72. The minimum Gasteiger partial charge on any atom is -0.487 e. The molecular weight excluding hydrogens is 453 g/mol. The molecule has 10 heteroatoms. The van der Waals surface area contributed by atoms with E-state index in [1.54, 1.807) is 13.8 Å². The number of anilines is 2. The SMILES string of the molecule is Cc1cc(F)c([N+](=O)[O-])cc1Nc1ncc(OCC(C)O)c(-c2cn3c4c(cccc24)CCC3)n1. The summed E-state index contributed by atoms with van der Waals surface area (Å²) in [5, 5.41) is 25.0. The highest BCUT2D eigenvalue weighted by Gasteiger charge is 2.22. The fraction of sp³-hybridized carbons (Fsp3) is 0.280. The molecule has 1 aliphatic heterocycles. The van der Waals surface area contributed by atoms with E-state index in [1.165, 1.54) is 11.8 Å². The van der Waals surface area contributed by atoms with Crippen molar-refractivity contribution in [3.8, 4) is 17.0 Å². The van der Waals surface area contributed by atoms with Crippen molar-refractivity contribution in [2.24, 2.45) is 0 Å². The largest absolute Gasteiger partial charge is 0.487 e. The Hall–Kier alpha value is -4.05. The molecule has 1 atom stereocenters. The fourth-order valence-corrected chi connectivity index (χ4v) is 4.44. The summed E-state index contributed by atoms with van der Waals surface area (Å²) in [6, 6.07) is 8.42. The van der Waals surface area contributed by atoms with Crippen molar-refractivity contribution in [2.75, 3.05) is 11.9 Å². The van der Waals surface area contributed by atoms with Gasteiger partial charge in [-0.15, -0.1) is 0 Å². The molecule has 0 radical (unpaired) electrons. The second kappa shape index (κ2) is 8.95. The van der Waals surface area contributed by atoms with E-state index in [0.29, 0.717) is 22.7 Å². The summed E-state index contributed by atoms with van der Waals surface area (Å²) in [5.41, 5.74) is 3.98. The fourth-order valence-electron chi connectivity index (χ4n) is 4.44. The Balaban J connectivity index is 1.61. The number of halogens is 1. The quantitative estimate of drug-likeness (QED) is 0.287. The molecule has 0 saturated heterocycles. The minimum absolute atomic E-state index is 0.0658. The summed E-state index contributed by atoms with van der Waals surface area (Å²) in [5.74, 6) is -0.321. The number of nitro benzene ring substituents is 1. The third-order valence-electron chi connectivity index (χ3n) is 6.05. The average Bonchev–Trinajstić information content (AvgIpc) is 3.20. The summed E-state index contributed by atoms with van der Waals surface area (Å²) >= 11 is 0. The lowest BCUT2D eigenvalue weighted by molar-refractivity contribution is -0.387. The monoisotopic (exact) mass is 477 g/mol. The number of aromatic nitrogens is 3. The van der Waals surface area contributed by atoms with E-state index in [2.05, 4.69) is 20.9 Å². The van der Waals surface area contributed by atoms with Crippen molar-refractivity contribution >= 4 is 28.2 Å². The lowest BCUT2D eigenvalue weighted by atomic mass is 10.0. The number of hydrogen-bond acceptors (Lipinski definition) is 7. The van der Waals surface area contributed by atoms with Crippen LogP contribution in [0.25, 0.3) is 22.2 Å². The molecule has 0 saturated carbocycles. The van der Waals surface area contributed by atoms with Crippen LogP contribution in [0.3, 0.4) is 0 Å². The van der Waals surface area contributed by atoms with Gasteiger partial charge in [-0.1, -0.05) is 18.2 Å². The van der Waals surface area contributed by atoms with Crippen LogP contribution < -0.4 is 10.1 Å². The normalized spacial score (nSPS) is 13.6. The highest BCUT2D eigenvalue weighted by atomic mass is 19.1. The number of ether oxygens (including phenoxy) is 1. The van der Waals surface area contributed by atoms with Gasteiger partial charge in [-0.25, -0.2) is 9.97 Å². The van der Waals surface area contributed by atoms with Crippen molar-refractivity contribution < 1.29 is 19.2 Å². The number of aliphatic hydroxyl groups excluding tert-OH is 1. The Labute approximate surface area is 200 Å². The van der Waals surface area contributed by atoms with Crippen LogP contribution in [-0.2, 0) is 13.0 Å². The highest BCUT2D eigenvalue weighted by molar-refractivity contribution is 5.98. The van der Waals surface area contributed by atoms with Crippen molar-refractivity contribution in [2.45, 2.75) is 39.3 Å². The predicted molar refractivity (Wildman–Crippen MR) is 130 cm³/mol. The summed E-state index contributed by atoms with van der Waals surface area (Å²) in [4.78, 5) is 19.4. The Morgan fingerprint density at radius 1 is 1.37 bits per heavy atom. The standard InChI is InChI=1S/C25H24FN5O4/c1-14-9-19(26)21(31(33)34)10-20(14)28-25-27-11-22(35-13-15(2)32)23(29-25)18-12-30-8-4-6-16-5-3-7-17(18)24(16)30/h3,5,7,9-12,15,32H,4,6,8,13H2,1-2H3,(H,27,28,29). The number of para-hydroxylation sites is 1. The molecule has 0 bridgehead atoms. The third-order valence-corrected chi connectivity index (χ3v) is 6.05. The molecule has 1 unspecified atom stereocenters. The van der Waals surface area contributed by atoms with Gasteiger partial charge in [-0.3, -0.25) is 10.1 Å². The van der Waals surface area contributed by atoms with Gasteiger partial charge in [0.05, 0.1) is 28.4 Å². The molecule has 3 heterocycles. The molecule has 0 aliphatic carbocycles. The zero-order valence-corrected chi connectivity index (χ0v) is 19.3. The predicted octanol–water partition coefficient (Wildman–Crippen LogP) is 4.90. The van der Waals surface area contributed by atoms with E-state index < -0.39 is 22.5 Å². The zero-order valence-electron chi connectivity index (χ0n) is 19.3. The van der Waals surface area contributed by atoms with Crippen molar-refractivity contribution in [1.29, 1.82) is 0 Å². The number of aryl methyl sites for hydroxylation is 3.